The van der Waals surface area contributed by atoms with Gasteiger partial charge in [0.05, 0.1) is 13.0 Å². The van der Waals surface area contributed by atoms with Gasteiger partial charge in [-0.15, -0.1) is 0 Å². The monoisotopic (exact) mass is 533 g/mol. The lowest BCUT2D eigenvalue weighted by atomic mass is 10.0. The van der Waals surface area contributed by atoms with Gasteiger partial charge in [-0.25, -0.2) is 4.79 Å². The number of aliphatic hydroxyl groups is 1. The quantitative estimate of drug-likeness (QED) is 0.111. The molecule has 2 aromatic rings. The predicted octanol–water partition coefficient (Wildman–Crippen LogP) is -3.29. The molecule has 0 aliphatic heterocycles. The minimum atomic E-state index is -1.54. The number of aliphatic carboxylic acids is 1. The fraction of sp³-hybridized carbons (Fsp3) is 0.391. The van der Waals surface area contributed by atoms with Crippen LogP contribution in [0.1, 0.15) is 24.8 Å². The lowest BCUT2D eigenvalue weighted by molar-refractivity contribution is -0.142. The Kier molecular flexibility index (Phi) is 10.7. The normalized spacial score (nSPS) is 14.1. The van der Waals surface area contributed by atoms with Crippen molar-refractivity contribution in [3.05, 3.63) is 36.0 Å². The number of aromatic nitrogens is 1. The van der Waals surface area contributed by atoms with Gasteiger partial charge in [-0.3, -0.25) is 24.0 Å². The smallest absolute Gasteiger partial charge is 0.326 e. The van der Waals surface area contributed by atoms with Gasteiger partial charge in [0.15, 0.2) is 0 Å². The van der Waals surface area contributed by atoms with Gasteiger partial charge >= 0.3 is 5.97 Å². The van der Waals surface area contributed by atoms with E-state index in [-0.39, 0.29) is 19.3 Å². The summed E-state index contributed by atoms with van der Waals surface area (Å²) in [6.45, 7) is -0.732. The number of aromatic amines is 1. The van der Waals surface area contributed by atoms with E-state index in [0.717, 1.165) is 10.9 Å². The Labute approximate surface area is 216 Å². The maximum Gasteiger partial charge on any atom is 0.326 e. The zero-order chi connectivity index (χ0) is 28.4. The number of para-hydroxylation sites is 1. The number of primary amides is 2. The fourth-order valence-corrected chi connectivity index (χ4v) is 3.59. The second-order valence-electron chi connectivity index (χ2n) is 8.55. The van der Waals surface area contributed by atoms with Crippen LogP contribution in [-0.4, -0.2) is 81.5 Å². The number of carbonyl (C=O) groups excluding carboxylic acids is 5. The standard InChI is InChI=1S/C23H31N7O8/c24-13(10-31)20(34)29-17(8-19(26)33)22(36)30-16(7-11-9-27-14-4-2-1-3-12(11)14)21(35)28-15(23(37)38)5-6-18(25)32/h1-4,9,13,15-17,27,31H,5-8,10,24H2,(H2,25,32)(H2,26,33)(H,28,35)(H,29,34)(H,30,36)(H,37,38). The first-order valence-electron chi connectivity index (χ1n) is 11.5. The highest BCUT2D eigenvalue weighted by molar-refractivity contribution is 5.96. The van der Waals surface area contributed by atoms with E-state index in [0.29, 0.717) is 5.56 Å². The van der Waals surface area contributed by atoms with Gasteiger partial charge in [0, 0.05) is 29.9 Å². The number of hydrogen-bond acceptors (Lipinski definition) is 8. The first-order valence-corrected chi connectivity index (χ1v) is 11.5. The second-order valence-corrected chi connectivity index (χ2v) is 8.55. The van der Waals surface area contributed by atoms with Gasteiger partial charge in [0.1, 0.15) is 24.2 Å². The minimum absolute atomic E-state index is 0.114. The van der Waals surface area contributed by atoms with Crippen molar-refractivity contribution in [1.82, 2.24) is 20.9 Å². The maximum absolute atomic E-state index is 13.2. The molecule has 5 amide bonds. The van der Waals surface area contributed by atoms with Crippen LogP contribution >= 0.6 is 0 Å². The van der Waals surface area contributed by atoms with Gasteiger partial charge < -0.3 is 48.3 Å². The largest absolute Gasteiger partial charge is 0.480 e. The highest BCUT2D eigenvalue weighted by atomic mass is 16.4. The van der Waals surface area contributed by atoms with Gasteiger partial charge in [0.2, 0.25) is 29.5 Å². The Balaban J connectivity index is 2.33. The Morgan fingerprint density at radius 2 is 1.47 bits per heavy atom. The van der Waals surface area contributed by atoms with Crippen LogP contribution in [0.2, 0.25) is 0 Å². The molecule has 0 radical (unpaired) electrons. The van der Waals surface area contributed by atoms with Crippen LogP contribution in [0.4, 0.5) is 0 Å². The summed E-state index contributed by atoms with van der Waals surface area (Å²) in [5, 5.41) is 26.2. The van der Waals surface area contributed by atoms with Crippen molar-refractivity contribution in [3.63, 3.8) is 0 Å². The highest BCUT2D eigenvalue weighted by Gasteiger charge is 2.31. The summed E-state index contributed by atoms with van der Waals surface area (Å²) in [6.07, 6.45) is 0.255. The molecule has 1 aromatic carbocycles. The summed E-state index contributed by atoms with van der Waals surface area (Å²) < 4.78 is 0. The SMILES string of the molecule is NC(=O)CCC(NC(=O)C(Cc1c[nH]c2ccccc12)NC(=O)C(CC(N)=O)NC(=O)C(N)CO)C(=O)O. The van der Waals surface area contributed by atoms with Crippen molar-refractivity contribution in [2.45, 2.75) is 49.9 Å². The van der Waals surface area contributed by atoms with E-state index in [2.05, 4.69) is 20.9 Å². The summed E-state index contributed by atoms with van der Waals surface area (Å²) in [7, 11) is 0. The maximum atomic E-state index is 13.2. The molecule has 0 spiro atoms. The molecule has 15 nitrogen and oxygen atoms in total. The molecule has 0 fully saturated rings. The van der Waals surface area contributed by atoms with Crippen molar-refractivity contribution in [2.24, 2.45) is 17.2 Å². The first kappa shape index (κ1) is 29.7. The number of benzene rings is 1. The first-order chi connectivity index (χ1) is 17.9. The van der Waals surface area contributed by atoms with Gasteiger partial charge in [-0.05, 0) is 18.1 Å². The Bertz CT molecular complexity index is 1200. The van der Waals surface area contributed by atoms with Gasteiger partial charge in [0.25, 0.3) is 0 Å². The lowest BCUT2D eigenvalue weighted by Crippen LogP contribution is -2.58. The van der Waals surface area contributed by atoms with Crippen LogP contribution in [-0.2, 0) is 35.2 Å². The zero-order valence-electron chi connectivity index (χ0n) is 20.3. The molecular weight excluding hydrogens is 502 g/mol. The van der Waals surface area contributed by atoms with Gasteiger partial charge in [-0.1, -0.05) is 18.2 Å². The molecule has 0 bridgehead atoms. The van der Waals surface area contributed by atoms with Crippen molar-refractivity contribution < 1.29 is 39.0 Å². The number of rotatable bonds is 15. The summed E-state index contributed by atoms with van der Waals surface area (Å²) in [4.78, 5) is 75.7. The molecule has 0 aliphatic carbocycles. The number of carbonyl (C=O) groups is 6. The average Bonchev–Trinajstić information content (AvgIpc) is 3.27. The van der Waals surface area contributed by atoms with Gasteiger partial charge in [-0.2, -0.15) is 0 Å². The van der Waals surface area contributed by atoms with Crippen molar-refractivity contribution >= 4 is 46.4 Å². The molecule has 4 atom stereocenters. The molecule has 0 saturated heterocycles. The summed E-state index contributed by atoms with van der Waals surface area (Å²) in [5.74, 6) is -5.96. The van der Waals surface area contributed by atoms with Crippen molar-refractivity contribution in [1.29, 1.82) is 0 Å². The fourth-order valence-electron chi connectivity index (χ4n) is 3.59. The van der Waals surface area contributed by atoms with Crippen LogP contribution in [0.15, 0.2) is 30.5 Å². The molecule has 1 aromatic heterocycles. The molecule has 0 aliphatic rings. The molecule has 15 heteroatoms. The summed E-state index contributed by atoms with van der Waals surface area (Å²) in [6, 6.07) is 1.33. The van der Waals surface area contributed by atoms with E-state index in [1.165, 1.54) is 0 Å². The topological polar surface area (TPSA) is 273 Å². The number of H-pyrrole nitrogens is 1. The Morgan fingerprint density at radius 3 is 2.08 bits per heavy atom. The van der Waals surface area contributed by atoms with E-state index in [1.54, 1.807) is 30.5 Å². The third-order valence-corrected chi connectivity index (χ3v) is 5.60. The van der Waals surface area contributed by atoms with Crippen LogP contribution in [0.25, 0.3) is 10.9 Å². The number of nitrogens with two attached hydrogens (primary N) is 3. The van der Waals surface area contributed by atoms with E-state index in [4.69, 9.17) is 22.3 Å². The third-order valence-electron chi connectivity index (χ3n) is 5.60. The number of nitrogens with one attached hydrogen (secondary N) is 4. The zero-order valence-corrected chi connectivity index (χ0v) is 20.3. The van der Waals surface area contributed by atoms with Crippen molar-refractivity contribution in [2.75, 3.05) is 6.61 Å². The molecule has 38 heavy (non-hydrogen) atoms. The van der Waals surface area contributed by atoms with Crippen LogP contribution in [0.3, 0.4) is 0 Å². The number of fused-ring (bicyclic) bond motifs is 1. The molecule has 12 N–H and O–H groups in total. The highest BCUT2D eigenvalue weighted by Crippen LogP contribution is 2.19. The molecule has 206 valence electrons. The summed E-state index contributed by atoms with van der Waals surface area (Å²) in [5.41, 5.74) is 17.1. The number of carboxylic acids is 1. The molecule has 4 unspecified atom stereocenters. The molecular formula is C23H31N7O8. The number of aliphatic hydroxyl groups excluding tert-OH is 1. The second kappa shape index (κ2) is 13.7. The summed E-state index contributed by atoms with van der Waals surface area (Å²) >= 11 is 0. The number of carboxylic acid groups (broad SMARTS) is 1. The lowest BCUT2D eigenvalue weighted by Gasteiger charge is -2.24. The van der Waals surface area contributed by atoms with Crippen LogP contribution in [0.5, 0.6) is 0 Å². The molecule has 1 heterocycles. The minimum Gasteiger partial charge on any atom is -0.480 e. The molecule has 2 rings (SSSR count). The number of amides is 5. The number of hydrogen-bond donors (Lipinski definition) is 9. The van der Waals surface area contributed by atoms with Crippen LogP contribution in [0, 0.1) is 0 Å². The van der Waals surface area contributed by atoms with E-state index in [9.17, 15) is 33.9 Å². The Morgan fingerprint density at radius 1 is 0.868 bits per heavy atom. The third kappa shape index (κ3) is 8.56. The van der Waals surface area contributed by atoms with E-state index >= 15 is 0 Å². The average molecular weight is 534 g/mol. The van der Waals surface area contributed by atoms with E-state index < -0.39 is 72.7 Å². The predicted molar refractivity (Wildman–Crippen MR) is 133 cm³/mol. The van der Waals surface area contributed by atoms with Crippen LogP contribution < -0.4 is 33.2 Å². The van der Waals surface area contributed by atoms with Crippen molar-refractivity contribution in [3.8, 4) is 0 Å². The molecule has 0 saturated carbocycles. The Hall–Kier alpha value is -4.50. The van der Waals surface area contributed by atoms with E-state index in [1.807, 2.05) is 0 Å².